The third-order valence-corrected chi connectivity index (χ3v) is 4.89. The molecule has 30 heavy (non-hydrogen) atoms. The van der Waals surface area contributed by atoms with Gasteiger partial charge < -0.3 is 15.4 Å². The van der Waals surface area contributed by atoms with Crippen LogP contribution in [0, 0.1) is 6.92 Å². The number of anilines is 1. The zero-order valence-corrected chi connectivity index (χ0v) is 16.6. The van der Waals surface area contributed by atoms with E-state index in [4.69, 9.17) is 10.5 Å². The highest BCUT2D eigenvalue weighted by atomic mass is 16.5. The van der Waals surface area contributed by atoms with Gasteiger partial charge in [-0.25, -0.2) is 14.6 Å². The van der Waals surface area contributed by atoms with Gasteiger partial charge in [0.1, 0.15) is 18.5 Å². The molecule has 9 heteroatoms. The molecule has 3 aromatic rings. The van der Waals surface area contributed by atoms with E-state index < -0.39 is 0 Å². The fourth-order valence-electron chi connectivity index (χ4n) is 3.30. The largest absolute Gasteiger partial charge is 0.384 e. The van der Waals surface area contributed by atoms with Crippen molar-refractivity contribution in [1.29, 1.82) is 0 Å². The van der Waals surface area contributed by atoms with Gasteiger partial charge in [-0.1, -0.05) is 6.07 Å². The lowest BCUT2D eigenvalue weighted by Crippen LogP contribution is -2.45. The number of hydrogen-bond acceptors (Lipinski definition) is 7. The number of nitrogen functional groups attached to an aromatic ring is 1. The van der Waals surface area contributed by atoms with E-state index in [1.165, 1.54) is 10.7 Å². The fourth-order valence-corrected chi connectivity index (χ4v) is 3.30. The molecule has 2 N–H and O–H groups in total. The second-order valence-corrected chi connectivity index (χ2v) is 7.09. The molecule has 0 aliphatic carbocycles. The number of morpholine rings is 1. The van der Waals surface area contributed by atoms with Gasteiger partial charge in [0.25, 0.3) is 5.56 Å². The highest BCUT2D eigenvalue weighted by molar-refractivity contribution is 5.76. The van der Waals surface area contributed by atoms with Gasteiger partial charge in [-0.2, -0.15) is 5.10 Å². The van der Waals surface area contributed by atoms with Gasteiger partial charge in [0, 0.05) is 24.4 Å². The van der Waals surface area contributed by atoms with E-state index in [0.717, 1.165) is 17.0 Å². The first-order valence-electron chi connectivity index (χ1n) is 9.62. The van der Waals surface area contributed by atoms with Crippen molar-refractivity contribution in [2.45, 2.75) is 19.6 Å². The number of ether oxygens (including phenoxy) is 1. The van der Waals surface area contributed by atoms with Crippen molar-refractivity contribution in [3.05, 3.63) is 70.4 Å². The number of aromatic nitrogens is 4. The van der Waals surface area contributed by atoms with Crippen LogP contribution in [-0.4, -0.2) is 50.3 Å². The predicted molar refractivity (Wildman–Crippen MR) is 110 cm³/mol. The zero-order valence-electron chi connectivity index (χ0n) is 16.6. The molecule has 1 aliphatic heterocycles. The second kappa shape index (κ2) is 8.42. The fraction of sp³-hybridized carbons (Fsp3) is 0.286. The molecule has 1 amide bonds. The number of aryl methyl sites for hydroxylation is 1. The summed E-state index contributed by atoms with van der Waals surface area (Å²) in [5, 5.41) is 4.13. The Hall–Kier alpha value is -3.59. The molecule has 9 nitrogen and oxygen atoms in total. The van der Waals surface area contributed by atoms with Crippen LogP contribution in [0.3, 0.4) is 0 Å². The van der Waals surface area contributed by atoms with Crippen LogP contribution >= 0.6 is 0 Å². The van der Waals surface area contributed by atoms with Crippen LogP contribution in [0.4, 0.5) is 5.82 Å². The standard InChI is InChI=1S/C21H22N6O3/c1-14-5-8-20(28)27(25-14)13-21(29)26-9-10-30-18(12-26)17-4-2-3-16(24-17)15-6-7-19(22)23-11-15/h2-8,11,18H,9-10,12-13H2,1H3,(H2,22,23). The third kappa shape index (κ3) is 4.36. The Morgan fingerprint density at radius 1 is 1.23 bits per heavy atom. The van der Waals surface area contributed by atoms with Crippen LogP contribution in [-0.2, 0) is 16.1 Å². The summed E-state index contributed by atoms with van der Waals surface area (Å²) in [5.41, 5.74) is 8.36. The molecule has 1 saturated heterocycles. The van der Waals surface area contributed by atoms with Crippen molar-refractivity contribution in [1.82, 2.24) is 24.6 Å². The number of rotatable bonds is 4. The molecule has 0 bridgehead atoms. The minimum atomic E-state index is -0.355. The smallest absolute Gasteiger partial charge is 0.267 e. The Morgan fingerprint density at radius 3 is 2.90 bits per heavy atom. The predicted octanol–water partition coefficient (Wildman–Crippen LogP) is 1.19. The van der Waals surface area contributed by atoms with Crippen LogP contribution in [0.5, 0.6) is 0 Å². The van der Waals surface area contributed by atoms with Crippen molar-refractivity contribution in [3.63, 3.8) is 0 Å². The number of hydrogen-bond donors (Lipinski definition) is 1. The molecule has 0 spiro atoms. The maximum atomic E-state index is 12.8. The minimum absolute atomic E-state index is 0.0994. The Labute approximate surface area is 173 Å². The zero-order chi connectivity index (χ0) is 21.1. The first-order valence-corrected chi connectivity index (χ1v) is 9.62. The number of carbonyl (C=O) groups is 1. The number of carbonyl (C=O) groups excluding carboxylic acids is 1. The molecule has 4 rings (SSSR count). The molecule has 1 aliphatic rings. The summed E-state index contributed by atoms with van der Waals surface area (Å²) in [6.07, 6.45) is 1.32. The maximum Gasteiger partial charge on any atom is 0.267 e. The summed E-state index contributed by atoms with van der Waals surface area (Å²) in [4.78, 5) is 35.2. The quantitative estimate of drug-likeness (QED) is 0.692. The van der Waals surface area contributed by atoms with Crippen molar-refractivity contribution < 1.29 is 9.53 Å². The maximum absolute atomic E-state index is 12.8. The molecule has 1 atom stereocenters. The number of pyridine rings is 2. The molecular formula is C21H22N6O3. The highest BCUT2D eigenvalue weighted by Crippen LogP contribution is 2.24. The van der Waals surface area contributed by atoms with Gasteiger partial charge in [-0.15, -0.1) is 0 Å². The first-order chi connectivity index (χ1) is 14.5. The van der Waals surface area contributed by atoms with E-state index in [-0.39, 0.29) is 24.1 Å². The summed E-state index contributed by atoms with van der Waals surface area (Å²) in [6.45, 7) is 2.88. The molecule has 154 valence electrons. The molecule has 0 saturated carbocycles. The highest BCUT2D eigenvalue weighted by Gasteiger charge is 2.27. The van der Waals surface area contributed by atoms with Gasteiger partial charge in [0.15, 0.2) is 0 Å². The van der Waals surface area contributed by atoms with E-state index in [9.17, 15) is 9.59 Å². The second-order valence-electron chi connectivity index (χ2n) is 7.09. The summed E-state index contributed by atoms with van der Waals surface area (Å²) < 4.78 is 7.06. The molecule has 4 heterocycles. The minimum Gasteiger partial charge on any atom is -0.384 e. The van der Waals surface area contributed by atoms with E-state index >= 15 is 0 Å². The number of amides is 1. The molecule has 0 aromatic carbocycles. The van der Waals surface area contributed by atoms with Gasteiger partial charge >= 0.3 is 0 Å². The topological polar surface area (TPSA) is 116 Å². The summed E-state index contributed by atoms with van der Waals surface area (Å²) >= 11 is 0. The van der Waals surface area contributed by atoms with Gasteiger partial charge in [0.2, 0.25) is 5.91 Å². The first kappa shape index (κ1) is 19.7. The van der Waals surface area contributed by atoms with Crippen molar-refractivity contribution in [2.75, 3.05) is 25.4 Å². The third-order valence-electron chi connectivity index (χ3n) is 4.89. The Morgan fingerprint density at radius 2 is 2.10 bits per heavy atom. The summed E-state index contributed by atoms with van der Waals surface area (Å²) in [7, 11) is 0. The van der Waals surface area contributed by atoms with Crippen molar-refractivity contribution in [2.24, 2.45) is 0 Å². The van der Waals surface area contributed by atoms with E-state index in [0.29, 0.717) is 31.2 Å². The lowest BCUT2D eigenvalue weighted by Gasteiger charge is -2.32. The van der Waals surface area contributed by atoms with Gasteiger partial charge in [-0.3, -0.25) is 9.59 Å². The average molecular weight is 406 g/mol. The molecule has 1 fully saturated rings. The van der Waals surface area contributed by atoms with Crippen LogP contribution in [0.2, 0.25) is 0 Å². The van der Waals surface area contributed by atoms with Crippen LogP contribution in [0.1, 0.15) is 17.5 Å². The molecule has 3 aromatic heterocycles. The molecule has 0 radical (unpaired) electrons. The van der Waals surface area contributed by atoms with Crippen molar-refractivity contribution >= 4 is 11.7 Å². The molecule has 1 unspecified atom stereocenters. The van der Waals surface area contributed by atoms with Gasteiger partial charge in [0.05, 0.1) is 30.2 Å². The number of nitrogens with two attached hydrogens (primary N) is 1. The monoisotopic (exact) mass is 406 g/mol. The van der Waals surface area contributed by atoms with E-state index in [1.807, 2.05) is 24.3 Å². The van der Waals surface area contributed by atoms with E-state index in [2.05, 4.69) is 15.1 Å². The Kier molecular flexibility index (Phi) is 5.53. The van der Waals surface area contributed by atoms with Gasteiger partial charge in [-0.05, 0) is 37.3 Å². The van der Waals surface area contributed by atoms with Crippen molar-refractivity contribution in [3.8, 4) is 11.3 Å². The Balaban J connectivity index is 1.49. The lowest BCUT2D eigenvalue weighted by atomic mass is 10.1. The summed E-state index contributed by atoms with van der Waals surface area (Å²) in [6, 6.07) is 12.3. The average Bonchev–Trinajstić information content (AvgIpc) is 2.77. The molecular weight excluding hydrogens is 384 g/mol. The Bertz CT molecular complexity index is 1110. The van der Waals surface area contributed by atoms with Crippen LogP contribution < -0.4 is 11.3 Å². The van der Waals surface area contributed by atoms with E-state index in [1.54, 1.807) is 30.2 Å². The summed E-state index contributed by atoms with van der Waals surface area (Å²) in [5.74, 6) is 0.268. The van der Waals surface area contributed by atoms with Crippen LogP contribution in [0.15, 0.2) is 53.5 Å². The number of nitrogens with zero attached hydrogens (tertiary/aromatic N) is 5. The lowest BCUT2D eigenvalue weighted by molar-refractivity contribution is -0.140. The SMILES string of the molecule is Cc1ccc(=O)n(CC(=O)N2CCOC(c3cccc(-c4ccc(N)nc4)n3)C2)n1. The van der Waals surface area contributed by atoms with Crippen LogP contribution in [0.25, 0.3) is 11.3 Å². The normalized spacial score (nSPS) is 16.4.